The van der Waals surface area contributed by atoms with Crippen molar-refractivity contribution in [1.82, 2.24) is 15.6 Å². The average Bonchev–Trinajstić information content (AvgIpc) is 3.36. The van der Waals surface area contributed by atoms with E-state index >= 15 is 0 Å². The van der Waals surface area contributed by atoms with Crippen molar-refractivity contribution in [3.63, 3.8) is 0 Å². The third-order valence-electron chi connectivity index (χ3n) is 5.90. The summed E-state index contributed by atoms with van der Waals surface area (Å²) in [6.07, 6.45) is -1.41. The fourth-order valence-corrected chi connectivity index (χ4v) is 4.39. The van der Waals surface area contributed by atoms with E-state index in [-0.39, 0.29) is 23.8 Å². The first kappa shape index (κ1) is 20.1. The predicted molar refractivity (Wildman–Crippen MR) is 102 cm³/mol. The molecule has 2 aliphatic rings. The summed E-state index contributed by atoms with van der Waals surface area (Å²) >= 11 is 0. The Hall–Kier alpha value is -2.19. The lowest BCUT2D eigenvalue weighted by atomic mass is 9.77. The highest BCUT2D eigenvalue weighted by Gasteiger charge is 2.45. The molecule has 0 bridgehead atoms. The number of alkyl halides is 3. The fourth-order valence-electron chi connectivity index (χ4n) is 4.39. The van der Waals surface area contributed by atoms with Gasteiger partial charge in [0.15, 0.2) is 0 Å². The molecule has 1 amide bonds. The number of piperidine rings is 1. The molecule has 5 nitrogen and oxygen atoms in total. The smallest absolute Gasteiger partial charge is 0.389 e. The minimum Gasteiger partial charge on any atom is -0.389 e. The molecule has 1 saturated carbocycles. The zero-order valence-corrected chi connectivity index (χ0v) is 16.1. The lowest BCUT2D eigenvalue weighted by Crippen LogP contribution is -2.57. The maximum absolute atomic E-state index is 13.5. The summed E-state index contributed by atoms with van der Waals surface area (Å²) < 4.78 is 40.5. The SMILES string of the molecule is C[C@@H]1CNC[C@](NC(=O)CC2(O)CC2)(c2ccc(C(F)(F)F)c3ncccc23)C1. The molecule has 2 fully saturated rings. The molecule has 2 heterocycles. The Morgan fingerprint density at radius 3 is 2.76 bits per heavy atom. The topological polar surface area (TPSA) is 74.2 Å². The van der Waals surface area contributed by atoms with Crippen LogP contribution in [0.25, 0.3) is 10.9 Å². The van der Waals surface area contributed by atoms with Crippen molar-refractivity contribution < 1.29 is 23.1 Å². The van der Waals surface area contributed by atoms with Crippen molar-refractivity contribution in [2.45, 2.75) is 49.9 Å². The number of hydrogen-bond acceptors (Lipinski definition) is 4. The highest BCUT2D eigenvalue weighted by Crippen LogP contribution is 2.42. The predicted octanol–water partition coefficient (Wildman–Crippen LogP) is 3.11. The van der Waals surface area contributed by atoms with Gasteiger partial charge in [-0.2, -0.15) is 13.2 Å². The highest BCUT2D eigenvalue weighted by atomic mass is 19.4. The number of nitrogens with one attached hydrogen (secondary N) is 2. The van der Waals surface area contributed by atoms with Gasteiger partial charge in [-0.3, -0.25) is 9.78 Å². The summed E-state index contributed by atoms with van der Waals surface area (Å²) in [5, 5.41) is 16.9. The molecular weight excluding hydrogens is 383 g/mol. The molecule has 0 spiro atoms. The minimum atomic E-state index is -4.52. The van der Waals surface area contributed by atoms with Crippen LogP contribution in [0, 0.1) is 5.92 Å². The van der Waals surface area contributed by atoms with Gasteiger partial charge in [-0.05, 0) is 49.4 Å². The minimum absolute atomic E-state index is 0.0000514. The van der Waals surface area contributed by atoms with Crippen molar-refractivity contribution >= 4 is 16.8 Å². The summed E-state index contributed by atoms with van der Waals surface area (Å²) in [6.45, 7) is 3.20. The second-order valence-electron chi connectivity index (χ2n) is 8.53. The third-order valence-corrected chi connectivity index (χ3v) is 5.90. The molecule has 0 unspecified atom stereocenters. The Morgan fingerprint density at radius 1 is 1.34 bits per heavy atom. The first-order valence-electron chi connectivity index (χ1n) is 9.81. The van der Waals surface area contributed by atoms with Gasteiger partial charge in [-0.15, -0.1) is 0 Å². The quantitative estimate of drug-likeness (QED) is 0.728. The number of rotatable bonds is 4. The fraction of sp³-hybridized carbons (Fsp3) is 0.524. The lowest BCUT2D eigenvalue weighted by Gasteiger charge is -2.42. The maximum Gasteiger partial charge on any atom is 0.418 e. The molecule has 8 heteroatoms. The van der Waals surface area contributed by atoms with E-state index in [0.717, 1.165) is 12.6 Å². The van der Waals surface area contributed by atoms with Crippen molar-refractivity contribution in [2.24, 2.45) is 5.92 Å². The maximum atomic E-state index is 13.5. The van der Waals surface area contributed by atoms with E-state index < -0.39 is 22.9 Å². The molecule has 1 aliphatic heterocycles. The van der Waals surface area contributed by atoms with Gasteiger partial charge < -0.3 is 15.7 Å². The largest absolute Gasteiger partial charge is 0.418 e. The number of nitrogens with zero attached hydrogens (tertiary/aromatic N) is 1. The number of halogens is 3. The number of aliphatic hydroxyl groups is 1. The molecule has 1 saturated heterocycles. The van der Waals surface area contributed by atoms with Crippen LogP contribution in [0.4, 0.5) is 13.2 Å². The second-order valence-corrected chi connectivity index (χ2v) is 8.53. The summed E-state index contributed by atoms with van der Waals surface area (Å²) in [5.74, 6) is -0.0834. The van der Waals surface area contributed by atoms with Gasteiger partial charge >= 0.3 is 6.18 Å². The van der Waals surface area contributed by atoms with Crippen LogP contribution in [-0.4, -0.2) is 34.7 Å². The van der Waals surface area contributed by atoms with Crippen molar-refractivity contribution in [3.8, 4) is 0 Å². The van der Waals surface area contributed by atoms with Gasteiger partial charge in [-0.1, -0.05) is 19.1 Å². The first-order valence-corrected chi connectivity index (χ1v) is 9.81. The van der Waals surface area contributed by atoms with Gasteiger partial charge in [0, 0.05) is 18.1 Å². The van der Waals surface area contributed by atoms with Crippen LogP contribution < -0.4 is 10.6 Å². The molecular formula is C21H24F3N3O2. The number of carbonyl (C=O) groups excluding carboxylic acids is 1. The molecule has 0 radical (unpaired) electrons. The van der Waals surface area contributed by atoms with Crippen LogP contribution in [0.2, 0.25) is 0 Å². The average molecular weight is 407 g/mol. The first-order chi connectivity index (χ1) is 13.6. The van der Waals surface area contributed by atoms with E-state index in [0.29, 0.717) is 36.8 Å². The van der Waals surface area contributed by atoms with Crippen LogP contribution in [0.15, 0.2) is 30.5 Å². The van der Waals surface area contributed by atoms with Crippen LogP contribution >= 0.6 is 0 Å². The van der Waals surface area contributed by atoms with Gasteiger partial charge in [0.2, 0.25) is 5.91 Å². The van der Waals surface area contributed by atoms with Crippen LogP contribution in [0.5, 0.6) is 0 Å². The zero-order valence-electron chi connectivity index (χ0n) is 16.1. The molecule has 1 aliphatic carbocycles. The zero-order chi connectivity index (χ0) is 20.9. The number of amides is 1. The number of hydrogen-bond donors (Lipinski definition) is 3. The van der Waals surface area contributed by atoms with Crippen LogP contribution in [0.3, 0.4) is 0 Å². The summed E-state index contributed by atoms with van der Waals surface area (Å²) in [6, 6.07) is 5.73. The monoisotopic (exact) mass is 407 g/mol. The number of aromatic nitrogens is 1. The number of pyridine rings is 1. The summed E-state index contributed by atoms with van der Waals surface area (Å²) in [5.41, 5.74) is -2.11. The molecule has 2 atom stereocenters. The molecule has 3 N–H and O–H groups in total. The number of carbonyl (C=O) groups is 1. The van der Waals surface area contributed by atoms with Crippen molar-refractivity contribution in [2.75, 3.05) is 13.1 Å². The Labute approximate surface area is 166 Å². The Bertz CT molecular complexity index is 942. The Kier molecular flexibility index (Phi) is 4.82. The van der Waals surface area contributed by atoms with Gasteiger partial charge in [0.25, 0.3) is 0 Å². The van der Waals surface area contributed by atoms with Gasteiger partial charge in [0.05, 0.1) is 28.6 Å². The van der Waals surface area contributed by atoms with Crippen molar-refractivity contribution in [3.05, 3.63) is 41.6 Å². The summed E-state index contributed by atoms with van der Waals surface area (Å²) in [4.78, 5) is 16.7. The second kappa shape index (κ2) is 6.95. The molecule has 156 valence electrons. The van der Waals surface area contributed by atoms with E-state index in [1.807, 2.05) is 6.92 Å². The molecule has 2 aromatic rings. The third kappa shape index (κ3) is 3.96. The molecule has 29 heavy (non-hydrogen) atoms. The number of fused-ring (bicyclic) bond motifs is 1. The van der Waals surface area contributed by atoms with E-state index in [2.05, 4.69) is 15.6 Å². The van der Waals surface area contributed by atoms with E-state index in [1.165, 1.54) is 12.3 Å². The van der Waals surface area contributed by atoms with E-state index in [9.17, 15) is 23.1 Å². The van der Waals surface area contributed by atoms with Crippen LogP contribution in [-0.2, 0) is 16.5 Å². The van der Waals surface area contributed by atoms with Crippen LogP contribution in [0.1, 0.15) is 43.7 Å². The van der Waals surface area contributed by atoms with Gasteiger partial charge in [0.1, 0.15) is 0 Å². The molecule has 1 aromatic heterocycles. The lowest BCUT2D eigenvalue weighted by molar-refractivity contribution is -0.136. The molecule has 1 aromatic carbocycles. The normalized spacial score (nSPS) is 26.3. The summed E-state index contributed by atoms with van der Waals surface area (Å²) in [7, 11) is 0. The van der Waals surface area contributed by atoms with Crippen molar-refractivity contribution in [1.29, 1.82) is 0 Å². The standard InChI is InChI=1S/C21H24F3N3O2/c1-13-9-20(12-25-11-13,27-17(28)10-19(29)6-7-19)15-4-5-16(21(22,23)24)18-14(15)3-2-8-26-18/h2-5,8,13,25,29H,6-7,9-12H2,1H3,(H,27,28)/t13-,20-/m0/s1. The Morgan fingerprint density at radius 2 is 2.10 bits per heavy atom. The van der Waals surface area contributed by atoms with E-state index in [4.69, 9.17) is 0 Å². The number of benzene rings is 1. The Balaban J connectivity index is 1.80. The van der Waals surface area contributed by atoms with Gasteiger partial charge in [-0.25, -0.2) is 0 Å². The van der Waals surface area contributed by atoms with E-state index in [1.54, 1.807) is 12.1 Å². The highest BCUT2D eigenvalue weighted by molar-refractivity contribution is 5.88. The molecule has 4 rings (SSSR count).